The van der Waals surface area contributed by atoms with Gasteiger partial charge in [0.15, 0.2) is 0 Å². The zero-order valence-corrected chi connectivity index (χ0v) is 19.1. The van der Waals surface area contributed by atoms with Crippen molar-refractivity contribution in [1.82, 2.24) is 40.2 Å². The van der Waals surface area contributed by atoms with E-state index in [1.165, 1.54) is 12.7 Å². The van der Waals surface area contributed by atoms with Crippen molar-refractivity contribution in [2.45, 2.75) is 45.1 Å². The third-order valence-electron chi connectivity index (χ3n) is 5.45. The van der Waals surface area contributed by atoms with Crippen molar-refractivity contribution in [2.24, 2.45) is 0 Å². The Balaban J connectivity index is 1.29. The number of hydrogen-bond acceptors (Lipinski definition) is 10. The normalized spacial score (nSPS) is 15.0. The second-order valence-electron chi connectivity index (χ2n) is 9.02. The van der Waals surface area contributed by atoms with Crippen molar-refractivity contribution in [1.29, 1.82) is 0 Å². The molecule has 0 atom stereocenters. The highest BCUT2D eigenvalue weighted by atomic mass is 16.6. The van der Waals surface area contributed by atoms with Gasteiger partial charge in [0, 0.05) is 19.0 Å². The number of benzene rings is 1. The Morgan fingerprint density at radius 3 is 2.56 bits per heavy atom. The SMILES string of the molecule is CC(C)(C)OC(=O)N1CCC(c2noc3c(Oc4ccc(-n5cnnn5)cc4)ncnc23)CC1. The van der Waals surface area contributed by atoms with Crippen LogP contribution in [0.3, 0.4) is 0 Å². The molecule has 0 unspecified atom stereocenters. The number of tetrazole rings is 1. The van der Waals surface area contributed by atoms with E-state index in [0.29, 0.717) is 29.9 Å². The highest BCUT2D eigenvalue weighted by Crippen LogP contribution is 2.35. The first-order chi connectivity index (χ1) is 16.4. The molecule has 3 aromatic heterocycles. The van der Waals surface area contributed by atoms with E-state index in [1.54, 1.807) is 21.7 Å². The van der Waals surface area contributed by atoms with Crippen molar-refractivity contribution >= 4 is 17.2 Å². The lowest BCUT2D eigenvalue weighted by Gasteiger charge is -2.32. The maximum atomic E-state index is 12.3. The van der Waals surface area contributed by atoms with Crippen LogP contribution in [-0.2, 0) is 4.74 Å². The van der Waals surface area contributed by atoms with Gasteiger partial charge >= 0.3 is 6.09 Å². The van der Waals surface area contributed by atoms with Crippen LogP contribution in [0.15, 0.2) is 41.4 Å². The molecule has 0 bridgehead atoms. The topological polar surface area (TPSA) is 134 Å². The minimum atomic E-state index is -0.516. The molecule has 5 rings (SSSR count). The van der Waals surface area contributed by atoms with E-state index >= 15 is 0 Å². The zero-order chi connectivity index (χ0) is 23.7. The summed E-state index contributed by atoms with van der Waals surface area (Å²) in [5, 5.41) is 15.4. The molecule has 0 saturated carbocycles. The van der Waals surface area contributed by atoms with Gasteiger partial charge in [0.2, 0.25) is 5.58 Å². The first kappa shape index (κ1) is 21.7. The summed E-state index contributed by atoms with van der Waals surface area (Å²) in [5.74, 6) is 0.962. The Morgan fingerprint density at radius 1 is 1.12 bits per heavy atom. The van der Waals surface area contributed by atoms with Gasteiger partial charge in [-0.25, -0.2) is 14.5 Å². The third kappa shape index (κ3) is 4.51. The summed E-state index contributed by atoms with van der Waals surface area (Å²) in [4.78, 5) is 22.7. The lowest BCUT2D eigenvalue weighted by molar-refractivity contribution is 0.0204. The molecule has 1 saturated heterocycles. The van der Waals surface area contributed by atoms with Crippen molar-refractivity contribution in [3.05, 3.63) is 42.6 Å². The molecule has 12 heteroatoms. The zero-order valence-electron chi connectivity index (χ0n) is 19.1. The molecule has 176 valence electrons. The van der Waals surface area contributed by atoms with Gasteiger partial charge in [0.05, 0.1) is 5.69 Å². The maximum Gasteiger partial charge on any atom is 0.410 e. The Bertz CT molecular complexity index is 1270. The molecular formula is C22H24N8O4. The molecule has 0 spiro atoms. The highest BCUT2D eigenvalue weighted by molar-refractivity contribution is 5.79. The van der Waals surface area contributed by atoms with E-state index < -0.39 is 5.60 Å². The summed E-state index contributed by atoms with van der Waals surface area (Å²) >= 11 is 0. The number of amides is 1. The van der Waals surface area contributed by atoms with Gasteiger partial charge in [-0.15, -0.1) is 5.10 Å². The highest BCUT2D eigenvalue weighted by Gasteiger charge is 2.31. The quantitative estimate of drug-likeness (QED) is 0.441. The number of likely N-dealkylation sites (tertiary alicyclic amines) is 1. The fraction of sp³-hybridized carbons (Fsp3) is 0.409. The Kier molecular flexibility index (Phi) is 5.56. The smallest absolute Gasteiger partial charge is 0.410 e. The van der Waals surface area contributed by atoms with Crippen molar-refractivity contribution in [2.75, 3.05) is 13.1 Å². The number of fused-ring (bicyclic) bond motifs is 1. The molecule has 1 aliphatic rings. The summed E-state index contributed by atoms with van der Waals surface area (Å²) in [6.45, 7) is 6.75. The van der Waals surface area contributed by atoms with Gasteiger partial charge in [-0.3, -0.25) is 0 Å². The molecule has 0 radical (unpaired) electrons. The van der Waals surface area contributed by atoms with E-state index in [0.717, 1.165) is 24.2 Å². The minimum Gasteiger partial charge on any atom is -0.444 e. The van der Waals surface area contributed by atoms with Crippen LogP contribution in [0.4, 0.5) is 4.79 Å². The van der Waals surface area contributed by atoms with Crippen LogP contribution in [0, 0.1) is 0 Å². The standard InChI is InChI=1S/C22H24N8O4/c1-22(2,3)33-21(31)29-10-8-14(9-11-29)17-18-19(34-26-17)20(24-12-23-18)32-16-6-4-15(5-7-16)30-13-25-27-28-30/h4-7,12-14H,8-11H2,1-3H3. The summed E-state index contributed by atoms with van der Waals surface area (Å²) in [6, 6.07) is 7.23. The van der Waals surface area contributed by atoms with Crippen molar-refractivity contribution in [3.63, 3.8) is 0 Å². The number of carbonyl (C=O) groups is 1. The molecule has 1 aromatic carbocycles. The number of carbonyl (C=O) groups excluding carboxylic acids is 1. The third-order valence-corrected chi connectivity index (χ3v) is 5.45. The summed E-state index contributed by atoms with van der Waals surface area (Å²) in [6.07, 6.45) is 4.13. The van der Waals surface area contributed by atoms with Crippen LogP contribution in [0.25, 0.3) is 16.8 Å². The molecule has 1 aliphatic heterocycles. The molecule has 4 heterocycles. The number of rotatable bonds is 4. The first-order valence-electron chi connectivity index (χ1n) is 11.0. The Labute approximate surface area is 194 Å². The lowest BCUT2D eigenvalue weighted by Crippen LogP contribution is -2.41. The predicted octanol–water partition coefficient (Wildman–Crippen LogP) is 3.50. The van der Waals surface area contributed by atoms with E-state index in [2.05, 4.69) is 30.7 Å². The second kappa shape index (κ2) is 8.69. The number of nitrogens with zero attached hydrogens (tertiary/aromatic N) is 8. The van der Waals surface area contributed by atoms with Crippen LogP contribution in [0.1, 0.15) is 45.2 Å². The predicted molar refractivity (Wildman–Crippen MR) is 119 cm³/mol. The van der Waals surface area contributed by atoms with Gasteiger partial charge in [0.25, 0.3) is 5.88 Å². The fourth-order valence-electron chi connectivity index (χ4n) is 3.82. The summed E-state index contributed by atoms with van der Waals surface area (Å²) in [5.41, 5.74) is 2.03. The Hall–Kier alpha value is -4.09. The van der Waals surface area contributed by atoms with Crippen LogP contribution >= 0.6 is 0 Å². The Morgan fingerprint density at radius 2 is 1.88 bits per heavy atom. The van der Waals surface area contributed by atoms with Gasteiger partial charge in [-0.1, -0.05) is 5.16 Å². The molecular weight excluding hydrogens is 440 g/mol. The number of hydrogen-bond donors (Lipinski definition) is 0. The molecule has 4 aromatic rings. The average Bonchev–Trinajstić information content (AvgIpc) is 3.50. The number of piperidine rings is 1. The summed E-state index contributed by atoms with van der Waals surface area (Å²) < 4.78 is 18.6. The van der Waals surface area contributed by atoms with E-state index in [1.807, 2.05) is 32.9 Å². The lowest BCUT2D eigenvalue weighted by atomic mass is 9.93. The van der Waals surface area contributed by atoms with Gasteiger partial charge in [-0.05, 0) is 68.3 Å². The number of ether oxygens (including phenoxy) is 2. The van der Waals surface area contributed by atoms with E-state index in [9.17, 15) is 4.79 Å². The van der Waals surface area contributed by atoms with Gasteiger partial charge in [0.1, 0.15) is 35.2 Å². The molecule has 1 amide bonds. The molecule has 34 heavy (non-hydrogen) atoms. The summed E-state index contributed by atoms with van der Waals surface area (Å²) in [7, 11) is 0. The van der Waals surface area contributed by atoms with Crippen molar-refractivity contribution < 1.29 is 18.8 Å². The second-order valence-corrected chi connectivity index (χ2v) is 9.02. The van der Waals surface area contributed by atoms with Crippen molar-refractivity contribution in [3.8, 4) is 17.3 Å². The minimum absolute atomic E-state index is 0.109. The largest absolute Gasteiger partial charge is 0.444 e. The molecule has 12 nitrogen and oxygen atoms in total. The van der Waals surface area contributed by atoms with Crippen LogP contribution in [-0.4, -0.2) is 65.0 Å². The monoisotopic (exact) mass is 464 g/mol. The van der Waals surface area contributed by atoms with Gasteiger partial charge in [-0.2, -0.15) is 4.98 Å². The van der Waals surface area contributed by atoms with E-state index in [4.69, 9.17) is 14.0 Å². The fourth-order valence-corrected chi connectivity index (χ4v) is 3.82. The maximum absolute atomic E-state index is 12.3. The molecule has 0 aliphatic carbocycles. The van der Waals surface area contributed by atoms with E-state index in [-0.39, 0.29) is 17.9 Å². The van der Waals surface area contributed by atoms with Crippen LogP contribution in [0.5, 0.6) is 11.6 Å². The van der Waals surface area contributed by atoms with Crippen LogP contribution in [0.2, 0.25) is 0 Å². The number of aromatic nitrogens is 7. The van der Waals surface area contributed by atoms with Crippen LogP contribution < -0.4 is 4.74 Å². The first-order valence-corrected chi connectivity index (χ1v) is 11.0. The average molecular weight is 464 g/mol. The van der Waals surface area contributed by atoms with Gasteiger partial charge < -0.3 is 18.9 Å². The molecule has 0 N–H and O–H groups in total. The molecule has 1 fully saturated rings.